The van der Waals surface area contributed by atoms with Gasteiger partial charge in [-0.1, -0.05) is 24.3 Å². The fourth-order valence-electron chi connectivity index (χ4n) is 2.50. The SMILES string of the molecule is Cc1cc(N(C)CC(=O)O)ccc1/C=C/c1nc2ccccc2s1. The van der Waals surface area contributed by atoms with E-state index in [-0.39, 0.29) is 6.54 Å². The second kappa shape index (κ2) is 6.84. The summed E-state index contributed by atoms with van der Waals surface area (Å²) in [7, 11) is 1.78. The third kappa shape index (κ3) is 3.63. The molecule has 0 fully saturated rings. The summed E-state index contributed by atoms with van der Waals surface area (Å²) in [5.74, 6) is -0.838. The van der Waals surface area contributed by atoms with Gasteiger partial charge in [0.2, 0.25) is 0 Å². The van der Waals surface area contributed by atoms with Gasteiger partial charge in [-0.25, -0.2) is 4.98 Å². The molecule has 1 aromatic heterocycles. The van der Waals surface area contributed by atoms with Crippen LogP contribution < -0.4 is 4.90 Å². The van der Waals surface area contributed by atoms with E-state index in [0.717, 1.165) is 27.3 Å². The summed E-state index contributed by atoms with van der Waals surface area (Å²) < 4.78 is 1.18. The van der Waals surface area contributed by atoms with Crippen LogP contribution in [0.1, 0.15) is 16.1 Å². The molecule has 0 spiro atoms. The molecule has 0 aliphatic carbocycles. The third-order valence-corrected chi connectivity index (χ3v) is 4.78. The number of para-hydroxylation sites is 1. The van der Waals surface area contributed by atoms with Crippen LogP contribution in [0.3, 0.4) is 0 Å². The van der Waals surface area contributed by atoms with E-state index in [1.54, 1.807) is 23.3 Å². The Morgan fingerprint density at radius 2 is 2.04 bits per heavy atom. The highest BCUT2D eigenvalue weighted by Gasteiger charge is 2.07. The number of carboxylic acid groups (broad SMARTS) is 1. The lowest BCUT2D eigenvalue weighted by Crippen LogP contribution is -2.25. The van der Waals surface area contributed by atoms with Crippen molar-refractivity contribution in [1.29, 1.82) is 0 Å². The lowest BCUT2D eigenvalue weighted by molar-refractivity contribution is -0.135. The molecule has 0 unspecified atom stereocenters. The Labute approximate surface area is 144 Å². The van der Waals surface area contributed by atoms with Crippen molar-refractivity contribution in [1.82, 2.24) is 4.98 Å². The summed E-state index contributed by atoms with van der Waals surface area (Å²) in [5, 5.41) is 9.86. The van der Waals surface area contributed by atoms with E-state index in [2.05, 4.69) is 11.1 Å². The standard InChI is InChI=1S/C19H18N2O2S/c1-13-11-15(21(2)12-19(22)23)9-7-14(13)8-10-18-20-16-5-3-4-6-17(16)24-18/h3-11H,12H2,1-2H3,(H,22,23)/b10-8+. The fourth-order valence-corrected chi connectivity index (χ4v) is 3.37. The van der Waals surface area contributed by atoms with Crippen molar-refractivity contribution >= 4 is 45.4 Å². The van der Waals surface area contributed by atoms with E-state index in [1.807, 2.05) is 55.5 Å². The molecule has 0 saturated carbocycles. The molecule has 0 atom stereocenters. The highest BCUT2D eigenvalue weighted by atomic mass is 32.1. The quantitative estimate of drug-likeness (QED) is 0.754. The summed E-state index contributed by atoms with van der Waals surface area (Å²) in [6.07, 6.45) is 4.07. The highest BCUT2D eigenvalue weighted by molar-refractivity contribution is 7.19. The highest BCUT2D eigenvalue weighted by Crippen LogP contribution is 2.24. The van der Waals surface area contributed by atoms with E-state index in [9.17, 15) is 4.79 Å². The Morgan fingerprint density at radius 1 is 1.25 bits per heavy atom. The summed E-state index contributed by atoms with van der Waals surface area (Å²) in [6, 6.07) is 14.0. The van der Waals surface area contributed by atoms with Gasteiger partial charge in [0.15, 0.2) is 0 Å². The van der Waals surface area contributed by atoms with Gasteiger partial charge in [0.25, 0.3) is 0 Å². The number of aryl methyl sites for hydroxylation is 1. The van der Waals surface area contributed by atoms with Gasteiger partial charge in [-0.15, -0.1) is 11.3 Å². The molecule has 4 nitrogen and oxygen atoms in total. The van der Waals surface area contributed by atoms with Crippen molar-refractivity contribution in [2.75, 3.05) is 18.5 Å². The first-order valence-corrected chi connectivity index (χ1v) is 8.42. The predicted octanol–water partition coefficient (Wildman–Crippen LogP) is 4.30. The number of hydrogen-bond acceptors (Lipinski definition) is 4. The number of aromatic nitrogens is 1. The molecule has 1 N–H and O–H groups in total. The van der Waals surface area contributed by atoms with Crippen LogP contribution in [0.25, 0.3) is 22.4 Å². The topological polar surface area (TPSA) is 53.4 Å². The van der Waals surface area contributed by atoms with Crippen LogP contribution in [-0.2, 0) is 4.79 Å². The number of nitrogens with zero attached hydrogens (tertiary/aromatic N) is 2. The average Bonchev–Trinajstić information content (AvgIpc) is 2.95. The molecule has 0 aliphatic heterocycles. The van der Waals surface area contributed by atoms with E-state index < -0.39 is 5.97 Å². The minimum atomic E-state index is -0.838. The zero-order chi connectivity index (χ0) is 17.1. The summed E-state index contributed by atoms with van der Waals surface area (Å²) in [5.41, 5.74) is 4.11. The van der Waals surface area contributed by atoms with Gasteiger partial charge in [0.1, 0.15) is 11.6 Å². The average molecular weight is 338 g/mol. The molecule has 0 radical (unpaired) electrons. The van der Waals surface area contributed by atoms with Crippen molar-refractivity contribution in [3.8, 4) is 0 Å². The van der Waals surface area contributed by atoms with Crippen LogP contribution >= 0.6 is 11.3 Å². The van der Waals surface area contributed by atoms with Crippen molar-refractivity contribution < 1.29 is 9.90 Å². The number of fused-ring (bicyclic) bond motifs is 1. The minimum Gasteiger partial charge on any atom is -0.480 e. The third-order valence-electron chi connectivity index (χ3n) is 3.78. The zero-order valence-electron chi connectivity index (χ0n) is 13.6. The van der Waals surface area contributed by atoms with Crippen molar-refractivity contribution in [2.24, 2.45) is 0 Å². The van der Waals surface area contributed by atoms with Gasteiger partial charge < -0.3 is 10.0 Å². The van der Waals surface area contributed by atoms with Crippen molar-refractivity contribution in [3.05, 3.63) is 58.6 Å². The Balaban J connectivity index is 1.80. The Kier molecular flexibility index (Phi) is 4.62. The zero-order valence-corrected chi connectivity index (χ0v) is 14.4. The molecule has 24 heavy (non-hydrogen) atoms. The largest absolute Gasteiger partial charge is 0.480 e. The second-order valence-corrected chi connectivity index (χ2v) is 6.71. The monoisotopic (exact) mass is 338 g/mol. The van der Waals surface area contributed by atoms with E-state index in [1.165, 1.54) is 4.70 Å². The first kappa shape index (κ1) is 16.2. The molecule has 122 valence electrons. The predicted molar refractivity (Wildman–Crippen MR) is 101 cm³/mol. The summed E-state index contributed by atoms with van der Waals surface area (Å²) >= 11 is 1.67. The second-order valence-electron chi connectivity index (χ2n) is 5.64. The molecule has 2 aromatic carbocycles. The lowest BCUT2D eigenvalue weighted by Gasteiger charge is -2.17. The van der Waals surface area contributed by atoms with Crippen LogP contribution in [0, 0.1) is 6.92 Å². The molecule has 3 rings (SSSR count). The van der Waals surface area contributed by atoms with Gasteiger partial charge in [-0.3, -0.25) is 4.79 Å². The number of carbonyl (C=O) groups is 1. The maximum Gasteiger partial charge on any atom is 0.323 e. The van der Waals surface area contributed by atoms with Crippen LogP contribution in [0.4, 0.5) is 5.69 Å². The fraction of sp³-hybridized carbons (Fsp3) is 0.158. The van der Waals surface area contributed by atoms with Crippen LogP contribution in [-0.4, -0.2) is 29.7 Å². The molecule has 5 heteroatoms. The number of benzene rings is 2. The van der Waals surface area contributed by atoms with Gasteiger partial charge in [-0.2, -0.15) is 0 Å². The molecule has 0 aliphatic rings. The number of anilines is 1. The van der Waals surface area contributed by atoms with E-state index >= 15 is 0 Å². The first-order chi connectivity index (χ1) is 11.5. The number of rotatable bonds is 5. The van der Waals surface area contributed by atoms with Crippen LogP contribution in [0.5, 0.6) is 0 Å². The Hall–Kier alpha value is -2.66. The first-order valence-electron chi connectivity index (χ1n) is 7.60. The van der Waals surface area contributed by atoms with E-state index in [0.29, 0.717) is 0 Å². The normalized spacial score (nSPS) is 11.2. The number of hydrogen-bond donors (Lipinski definition) is 1. The lowest BCUT2D eigenvalue weighted by atomic mass is 10.1. The van der Waals surface area contributed by atoms with Crippen molar-refractivity contribution in [3.63, 3.8) is 0 Å². The number of thiazole rings is 1. The van der Waals surface area contributed by atoms with Gasteiger partial charge in [0, 0.05) is 12.7 Å². The maximum absolute atomic E-state index is 10.8. The number of likely N-dealkylation sites (N-methyl/N-ethyl adjacent to an activating group) is 1. The molecule has 0 saturated heterocycles. The number of carboxylic acids is 1. The molecule has 3 aromatic rings. The van der Waals surface area contributed by atoms with Crippen LogP contribution in [0.2, 0.25) is 0 Å². The Morgan fingerprint density at radius 3 is 2.75 bits per heavy atom. The molecule has 0 bridgehead atoms. The molecular weight excluding hydrogens is 320 g/mol. The van der Waals surface area contributed by atoms with Gasteiger partial charge in [-0.05, 0) is 48.4 Å². The van der Waals surface area contributed by atoms with Crippen LogP contribution in [0.15, 0.2) is 42.5 Å². The summed E-state index contributed by atoms with van der Waals surface area (Å²) in [6.45, 7) is 2.01. The smallest absolute Gasteiger partial charge is 0.323 e. The molecule has 1 heterocycles. The van der Waals surface area contributed by atoms with Crippen molar-refractivity contribution in [2.45, 2.75) is 6.92 Å². The molecular formula is C19H18N2O2S. The number of aliphatic carboxylic acids is 1. The van der Waals surface area contributed by atoms with E-state index in [4.69, 9.17) is 5.11 Å². The van der Waals surface area contributed by atoms with Gasteiger partial charge >= 0.3 is 5.97 Å². The summed E-state index contributed by atoms with van der Waals surface area (Å²) in [4.78, 5) is 17.1. The Bertz CT molecular complexity index is 882. The maximum atomic E-state index is 10.8. The minimum absolute atomic E-state index is 0.0136. The molecule has 0 amide bonds. The van der Waals surface area contributed by atoms with Gasteiger partial charge in [0.05, 0.1) is 10.2 Å².